The summed E-state index contributed by atoms with van der Waals surface area (Å²) >= 11 is 1.07. The molecular formula is C31H34F3N7O4S. The zero-order valence-electron chi connectivity index (χ0n) is 24.9. The molecule has 2 aliphatic carbocycles. The number of hydrogen-bond acceptors (Lipinski definition) is 9. The van der Waals surface area contributed by atoms with Gasteiger partial charge in [-0.15, -0.1) is 0 Å². The Morgan fingerprint density at radius 3 is 2.57 bits per heavy atom. The molecule has 3 atom stereocenters. The van der Waals surface area contributed by atoms with Crippen LogP contribution in [0.4, 0.5) is 23.8 Å². The van der Waals surface area contributed by atoms with E-state index in [1.807, 2.05) is 6.07 Å². The summed E-state index contributed by atoms with van der Waals surface area (Å²) < 4.78 is 43.7. The maximum Gasteiger partial charge on any atom is 0.394 e. The average Bonchev–Trinajstić information content (AvgIpc) is 3.64. The third kappa shape index (κ3) is 5.62. The number of piperidine rings is 1. The number of hydrogen-bond donors (Lipinski definition) is 3. The van der Waals surface area contributed by atoms with Crippen molar-refractivity contribution >= 4 is 45.3 Å². The average molecular weight is 658 g/mol. The second-order valence-electron chi connectivity index (χ2n) is 13.0. The van der Waals surface area contributed by atoms with Crippen LogP contribution >= 0.6 is 11.3 Å². The number of urea groups is 1. The van der Waals surface area contributed by atoms with E-state index in [1.165, 1.54) is 4.90 Å². The van der Waals surface area contributed by atoms with Gasteiger partial charge in [0.1, 0.15) is 22.7 Å². The van der Waals surface area contributed by atoms with Gasteiger partial charge < -0.3 is 15.7 Å². The van der Waals surface area contributed by atoms with Crippen molar-refractivity contribution in [3.8, 4) is 0 Å². The number of aliphatic hydroxyl groups excluding tert-OH is 1. The first-order valence-electron chi connectivity index (χ1n) is 15.6. The molecule has 1 saturated carbocycles. The molecule has 0 bridgehead atoms. The summed E-state index contributed by atoms with van der Waals surface area (Å²) in [5.74, 6) is -2.14. The summed E-state index contributed by atoms with van der Waals surface area (Å²) in [4.78, 5) is 53.7. The molecule has 11 nitrogen and oxygen atoms in total. The van der Waals surface area contributed by atoms with Gasteiger partial charge in [-0.2, -0.15) is 13.2 Å². The van der Waals surface area contributed by atoms with Crippen LogP contribution in [-0.4, -0.2) is 81.3 Å². The topological polar surface area (TPSA) is 155 Å². The molecule has 0 radical (unpaired) electrons. The van der Waals surface area contributed by atoms with Gasteiger partial charge in [0.15, 0.2) is 5.01 Å². The van der Waals surface area contributed by atoms with Crippen LogP contribution in [0.15, 0.2) is 24.4 Å². The van der Waals surface area contributed by atoms with Crippen LogP contribution in [0.25, 0.3) is 10.3 Å². The van der Waals surface area contributed by atoms with Gasteiger partial charge in [-0.25, -0.2) is 19.7 Å². The van der Waals surface area contributed by atoms with Crippen molar-refractivity contribution in [1.82, 2.24) is 25.2 Å². The highest BCUT2D eigenvalue weighted by molar-refractivity contribution is 7.19. The smallest absolute Gasteiger partial charge is 0.393 e. The Labute approximate surface area is 266 Å². The summed E-state index contributed by atoms with van der Waals surface area (Å²) in [7, 11) is 0. The number of alkyl halides is 3. The largest absolute Gasteiger partial charge is 0.394 e. The molecule has 15 heteroatoms. The van der Waals surface area contributed by atoms with E-state index in [-0.39, 0.29) is 49.3 Å². The number of thiazole rings is 1. The molecule has 2 unspecified atom stereocenters. The van der Waals surface area contributed by atoms with Crippen molar-refractivity contribution in [2.24, 2.45) is 17.1 Å². The zero-order chi connectivity index (χ0) is 32.4. The molecule has 3 fully saturated rings. The predicted octanol–water partition coefficient (Wildman–Crippen LogP) is 3.86. The highest BCUT2D eigenvalue weighted by Gasteiger charge is 2.67. The molecule has 7 rings (SSSR count). The number of nitrogens with zero attached hydrogens (tertiary/aromatic N) is 5. The summed E-state index contributed by atoms with van der Waals surface area (Å²) in [5, 5.41) is 12.4. The van der Waals surface area contributed by atoms with Gasteiger partial charge in [0.05, 0.1) is 11.5 Å². The minimum Gasteiger partial charge on any atom is -0.393 e. The number of carbonyl (C=O) groups is 3. The van der Waals surface area contributed by atoms with Crippen LogP contribution in [0.2, 0.25) is 0 Å². The van der Waals surface area contributed by atoms with E-state index in [1.54, 1.807) is 18.3 Å². The van der Waals surface area contributed by atoms with Gasteiger partial charge in [-0.3, -0.25) is 19.8 Å². The number of amides is 4. The summed E-state index contributed by atoms with van der Waals surface area (Å²) in [6, 6.07) is 4.71. The number of anilines is 1. The third-order valence-electron chi connectivity index (χ3n) is 10.3. The fraction of sp³-hybridized carbons (Fsp3) is 0.548. The van der Waals surface area contributed by atoms with Crippen LogP contribution in [0.5, 0.6) is 0 Å². The van der Waals surface area contributed by atoms with E-state index in [2.05, 4.69) is 20.2 Å². The molecule has 0 spiro atoms. The zero-order valence-corrected chi connectivity index (χ0v) is 25.7. The Morgan fingerprint density at radius 1 is 1.20 bits per heavy atom. The normalized spacial score (nSPS) is 24.2. The van der Waals surface area contributed by atoms with E-state index >= 15 is 0 Å². The van der Waals surface area contributed by atoms with Gasteiger partial charge in [0.2, 0.25) is 5.91 Å². The summed E-state index contributed by atoms with van der Waals surface area (Å²) in [6.07, 6.45) is -0.429. The summed E-state index contributed by atoms with van der Waals surface area (Å²) in [6.45, 7) is 1.96. The molecule has 5 heterocycles. The SMILES string of the molecule is NC(=O)c1nc2cc3c(nc2s1)C([C@@H](CCN1CCC(O)CC1)c1ccc(N2CC(=O)NC2=O)nc1)CC(C1(C(F)(F)F)CC1)C3. The number of rotatable bonds is 8. The molecule has 244 valence electrons. The predicted molar refractivity (Wildman–Crippen MR) is 162 cm³/mol. The number of nitrogens with two attached hydrogens (primary N) is 1. The Morgan fingerprint density at radius 2 is 1.96 bits per heavy atom. The van der Waals surface area contributed by atoms with Crippen molar-refractivity contribution in [3.63, 3.8) is 0 Å². The Balaban J connectivity index is 1.29. The van der Waals surface area contributed by atoms with E-state index in [9.17, 15) is 32.7 Å². The minimum atomic E-state index is -4.34. The van der Waals surface area contributed by atoms with Crippen LogP contribution in [0.1, 0.15) is 77.0 Å². The van der Waals surface area contributed by atoms with Gasteiger partial charge in [-0.1, -0.05) is 17.4 Å². The first kappa shape index (κ1) is 30.9. The number of carbonyl (C=O) groups excluding carboxylic acids is 3. The van der Waals surface area contributed by atoms with E-state index in [0.29, 0.717) is 53.2 Å². The molecule has 4 aliphatic rings. The number of aromatic nitrogens is 3. The fourth-order valence-corrected chi connectivity index (χ4v) is 8.36. The maximum atomic E-state index is 14.6. The lowest BCUT2D eigenvalue weighted by Crippen LogP contribution is -2.39. The number of likely N-dealkylation sites (tertiary alicyclic amines) is 1. The van der Waals surface area contributed by atoms with Crippen LogP contribution in [-0.2, 0) is 11.2 Å². The van der Waals surface area contributed by atoms with Gasteiger partial charge >= 0.3 is 12.2 Å². The van der Waals surface area contributed by atoms with Gasteiger partial charge in [0.25, 0.3) is 5.91 Å². The van der Waals surface area contributed by atoms with E-state index in [4.69, 9.17) is 10.7 Å². The number of primary amides is 1. The standard InChI is InChI=1S/C31H34F3N7O4S/c32-31(33,34)30(6-7-30)18-11-17-12-22-27(46-28(37-22)26(35)44)39-25(17)21(13-18)20(5-10-40-8-3-19(42)4-9-40)16-1-2-23(36-14-16)41-15-24(43)38-29(41)45/h1-2,12,14,18-21,42H,3-11,13,15H2,(H2,35,44)(H,38,43,45)/t18?,20-,21?/m0/s1. The Hall–Kier alpha value is -3.69. The number of imide groups is 1. The van der Waals surface area contributed by atoms with Gasteiger partial charge in [0, 0.05) is 30.9 Å². The first-order chi connectivity index (χ1) is 21.9. The molecule has 2 aliphatic heterocycles. The number of aliphatic hydroxyl groups is 1. The second kappa shape index (κ2) is 11.5. The van der Waals surface area contributed by atoms with Crippen molar-refractivity contribution in [3.05, 3.63) is 46.2 Å². The Bertz CT molecular complexity index is 1690. The third-order valence-corrected chi connectivity index (χ3v) is 11.2. The first-order valence-corrected chi connectivity index (χ1v) is 16.4. The fourth-order valence-electron chi connectivity index (χ4n) is 7.58. The van der Waals surface area contributed by atoms with Crippen molar-refractivity contribution < 1.29 is 32.7 Å². The second-order valence-corrected chi connectivity index (χ2v) is 14.0. The number of pyridine rings is 2. The van der Waals surface area contributed by atoms with Crippen LogP contribution < -0.4 is 16.0 Å². The van der Waals surface area contributed by atoms with Gasteiger partial charge in [-0.05, 0) is 86.6 Å². The maximum absolute atomic E-state index is 14.6. The van der Waals surface area contributed by atoms with Crippen LogP contribution in [0.3, 0.4) is 0 Å². The number of nitrogens with one attached hydrogen (secondary N) is 1. The molecule has 4 N–H and O–H groups in total. The monoisotopic (exact) mass is 657 g/mol. The molecule has 2 saturated heterocycles. The van der Waals surface area contributed by atoms with Crippen molar-refractivity contribution in [1.29, 1.82) is 0 Å². The quantitative estimate of drug-likeness (QED) is 0.309. The molecule has 46 heavy (non-hydrogen) atoms. The lowest BCUT2D eigenvalue weighted by molar-refractivity contribution is -0.204. The van der Waals surface area contributed by atoms with E-state index < -0.39 is 41.3 Å². The lowest BCUT2D eigenvalue weighted by Gasteiger charge is -2.40. The Kier molecular flexibility index (Phi) is 7.75. The van der Waals surface area contributed by atoms with Crippen LogP contribution in [0, 0.1) is 11.3 Å². The molecule has 3 aromatic heterocycles. The molecule has 0 aromatic carbocycles. The number of halogens is 3. The molecule has 4 amide bonds. The highest BCUT2D eigenvalue weighted by Crippen LogP contribution is 2.66. The molecule has 3 aromatic rings. The molecular weight excluding hydrogens is 623 g/mol. The van der Waals surface area contributed by atoms with Crippen molar-refractivity contribution in [2.75, 3.05) is 31.1 Å². The van der Waals surface area contributed by atoms with Crippen molar-refractivity contribution in [2.45, 2.75) is 69.1 Å². The summed E-state index contributed by atoms with van der Waals surface area (Å²) in [5.41, 5.74) is 6.39. The number of fused-ring (bicyclic) bond motifs is 2. The minimum absolute atomic E-state index is 0.0923. The lowest BCUT2D eigenvalue weighted by atomic mass is 9.66. The highest BCUT2D eigenvalue weighted by atomic mass is 32.1. The van der Waals surface area contributed by atoms with E-state index in [0.717, 1.165) is 30.0 Å².